The number of ether oxygens (including phenoxy) is 1. The fourth-order valence-corrected chi connectivity index (χ4v) is 0.825. The molecule has 70 valence electrons. The molecule has 0 spiro atoms. The van der Waals surface area contributed by atoms with Crippen LogP contribution in [0.5, 0.6) is 11.5 Å². The molecule has 4 heteroatoms. The number of aromatic hydroxyl groups is 1. The van der Waals surface area contributed by atoms with Crippen LogP contribution in [0, 0.1) is 0 Å². The Hall–Kier alpha value is -1.55. The van der Waals surface area contributed by atoms with Gasteiger partial charge in [0.05, 0.1) is 0 Å². The molecule has 0 aliphatic heterocycles. The van der Waals surface area contributed by atoms with E-state index < -0.39 is 0 Å². The average molecular weight is 182 g/mol. The number of phenolic OH excluding ortho intramolecular Hbond substituents is 1. The van der Waals surface area contributed by atoms with Gasteiger partial charge in [-0.15, -0.1) is 0 Å². The maximum absolute atomic E-state index is 9.48. The highest BCUT2D eigenvalue weighted by Gasteiger charge is 2.07. The quantitative estimate of drug-likeness (QED) is 0.382. The number of quaternary nitrogens is 1. The number of phenols is 1. The Morgan fingerprint density at radius 2 is 2.15 bits per heavy atom. The lowest BCUT2D eigenvalue weighted by molar-refractivity contribution is -0.466. The van der Waals surface area contributed by atoms with Crippen LogP contribution in [0.1, 0.15) is 0 Å². The van der Waals surface area contributed by atoms with Gasteiger partial charge in [-0.3, -0.25) is 0 Å². The molecule has 4 N–H and O–H groups in total. The number of rotatable bonds is 2. The zero-order chi connectivity index (χ0) is 9.84. The molecule has 0 fully saturated rings. The first-order valence-electron chi connectivity index (χ1n) is 3.91. The molecule has 1 aromatic carbocycles. The lowest BCUT2D eigenvalue weighted by Gasteiger charge is -2.00. The van der Waals surface area contributed by atoms with Gasteiger partial charge in [0.15, 0.2) is 11.4 Å². The first-order valence-corrected chi connectivity index (χ1v) is 3.91. The second kappa shape index (κ2) is 3.91. The monoisotopic (exact) mass is 182 g/mol. The van der Waals surface area contributed by atoms with E-state index in [1.54, 1.807) is 22.8 Å². The van der Waals surface area contributed by atoms with Gasteiger partial charge in [-0.25, -0.2) is 4.58 Å². The SMILES string of the molecule is C[N+](C)=COc1cccc([NH3+])c1O. The van der Waals surface area contributed by atoms with Gasteiger partial charge >= 0.3 is 6.40 Å². The van der Waals surface area contributed by atoms with E-state index in [2.05, 4.69) is 5.73 Å². The Kier molecular flexibility index (Phi) is 2.87. The molecule has 4 nitrogen and oxygen atoms in total. The van der Waals surface area contributed by atoms with Gasteiger partial charge in [0, 0.05) is 6.07 Å². The van der Waals surface area contributed by atoms with Crippen LogP contribution in [0.2, 0.25) is 0 Å². The Balaban J connectivity index is 2.89. The molecule has 0 aliphatic rings. The van der Waals surface area contributed by atoms with Crippen molar-refractivity contribution < 1.29 is 20.2 Å². The molecule has 1 rings (SSSR count). The van der Waals surface area contributed by atoms with Crippen molar-refractivity contribution in [1.82, 2.24) is 0 Å². The van der Waals surface area contributed by atoms with Crippen LogP contribution >= 0.6 is 0 Å². The van der Waals surface area contributed by atoms with Gasteiger partial charge in [-0.1, -0.05) is 6.07 Å². The molecule has 0 bridgehead atoms. The lowest BCUT2D eigenvalue weighted by atomic mass is 10.3. The number of hydrogen-bond acceptors (Lipinski definition) is 2. The van der Waals surface area contributed by atoms with Crippen LogP contribution in [-0.4, -0.2) is 30.2 Å². The Morgan fingerprint density at radius 3 is 2.77 bits per heavy atom. The van der Waals surface area contributed by atoms with E-state index in [0.717, 1.165) is 0 Å². The fourth-order valence-electron chi connectivity index (χ4n) is 0.825. The van der Waals surface area contributed by atoms with E-state index in [0.29, 0.717) is 11.4 Å². The largest absolute Gasteiger partial charge is 0.500 e. The van der Waals surface area contributed by atoms with Crippen LogP contribution in [0.25, 0.3) is 0 Å². The van der Waals surface area contributed by atoms with Crippen LogP contribution < -0.4 is 10.5 Å². The van der Waals surface area contributed by atoms with E-state index in [-0.39, 0.29) is 5.75 Å². The van der Waals surface area contributed by atoms with Crippen LogP contribution in [-0.2, 0) is 0 Å². The van der Waals surface area contributed by atoms with Crippen molar-refractivity contribution in [3.8, 4) is 11.5 Å². The third kappa shape index (κ3) is 2.45. The van der Waals surface area contributed by atoms with Crippen LogP contribution in [0.3, 0.4) is 0 Å². The average Bonchev–Trinajstić information content (AvgIpc) is 2.07. The lowest BCUT2D eigenvalue weighted by Crippen LogP contribution is -2.40. The normalized spacial score (nSPS) is 9.46. The minimum Gasteiger partial charge on any atom is -0.500 e. The summed E-state index contributed by atoms with van der Waals surface area (Å²) in [5.74, 6) is 0.502. The number of para-hydroxylation sites is 1. The van der Waals surface area contributed by atoms with Gasteiger partial charge in [-0.2, -0.15) is 0 Å². The highest BCUT2D eigenvalue weighted by Crippen LogP contribution is 2.29. The summed E-state index contributed by atoms with van der Waals surface area (Å²) in [6.45, 7) is 0. The third-order valence-corrected chi connectivity index (χ3v) is 1.47. The summed E-state index contributed by atoms with van der Waals surface area (Å²) in [7, 11) is 3.68. The zero-order valence-electron chi connectivity index (χ0n) is 7.82. The van der Waals surface area contributed by atoms with E-state index in [4.69, 9.17) is 4.74 Å². The molecular weight excluding hydrogens is 168 g/mol. The van der Waals surface area contributed by atoms with Crippen molar-refractivity contribution in [1.29, 1.82) is 0 Å². The smallest absolute Gasteiger partial charge is 0.328 e. The maximum Gasteiger partial charge on any atom is 0.328 e. The first kappa shape index (κ1) is 9.54. The Morgan fingerprint density at radius 1 is 1.46 bits per heavy atom. The maximum atomic E-state index is 9.48. The molecule has 1 aromatic rings. The van der Waals surface area contributed by atoms with Crippen molar-refractivity contribution in [2.24, 2.45) is 0 Å². The summed E-state index contributed by atoms with van der Waals surface area (Å²) in [5.41, 5.74) is 4.21. The second-order valence-corrected chi connectivity index (χ2v) is 2.95. The molecule has 0 unspecified atom stereocenters. The number of hydrogen-bond donors (Lipinski definition) is 2. The molecule has 0 aliphatic carbocycles. The summed E-state index contributed by atoms with van der Waals surface area (Å²) < 4.78 is 6.94. The third-order valence-electron chi connectivity index (χ3n) is 1.47. The van der Waals surface area contributed by atoms with E-state index >= 15 is 0 Å². The molecule has 0 heterocycles. The van der Waals surface area contributed by atoms with E-state index in [9.17, 15) is 5.11 Å². The van der Waals surface area contributed by atoms with E-state index in [1.807, 2.05) is 14.1 Å². The fraction of sp³-hybridized carbons (Fsp3) is 0.222. The minimum absolute atomic E-state index is 0.0839. The summed E-state index contributed by atoms with van der Waals surface area (Å²) in [6, 6.07) is 5.18. The molecule has 0 saturated heterocycles. The minimum atomic E-state index is 0.0839. The molecule has 0 amide bonds. The highest BCUT2D eigenvalue weighted by molar-refractivity contribution is 5.58. The highest BCUT2D eigenvalue weighted by atomic mass is 16.5. The van der Waals surface area contributed by atoms with Crippen LogP contribution in [0.4, 0.5) is 5.69 Å². The van der Waals surface area contributed by atoms with Crippen LogP contribution in [0.15, 0.2) is 18.2 Å². The van der Waals surface area contributed by atoms with Crippen molar-refractivity contribution in [3.05, 3.63) is 18.2 Å². The molecular formula is C9H14N2O2+2. The summed E-state index contributed by atoms with van der Waals surface area (Å²) in [4.78, 5) is 0. The summed E-state index contributed by atoms with van der Waals surface area (Å²) in [6.07, 6.45) is 1.51. The van der Waals surface area contributed by atoms with E-state index in [1.165, 1.54) is 6.40 Å². The van der Waals surface area contributed by atoms with Gasteiger partial charge in [-0.05, 0) is 6.07 Å². The van der Waals surface area contributed by atoms with Gasteiger partial charge < -0.3 is 15.6 Å². The van der Waals surface area contributed by atoms with Crippen molar-refractivity contribution >= 4 is 12.1 Å². The van der Waals surface area contributed by atoms with Crippen molar-refractivity contribution in [2.45, 2.75) is 0 Å². The summed E-state index contributed by atoms with van der Waals surface area (Å²) in [5, 5.41) is 9.48. The molecule has 0 aromatic heterocycles. The van der Waals surface area contributed by atoms with Gasteiger partial charge in [0.25, 0.3) is 0 Å². The van der Waals surface area contributed by atoms with Gasteiger partial charge in [0.2, 0.25) is 5.75 Å². The van der Waals surface area contributed by atoms with Crippen molar-refractivity contribution in [3.63, 3.8) is 0 Å². The van der Waals surface area contributed by atoms with Crippen molar-refractivity contribution in [2.75, 3.05) is 14.1 Å². The molecule has 0 radical (unpaired) electrons. The Bertz CT molecular complexity index is 330. The summed E-state index contributed by atoms with van der Waals surface area (Å²) >= 11 is 0. The Labute approximate surface area is 76.9 Å². The molecule has 0 atom stereocenters. The number of benzene rings is 1. The topological polar surface area (TPSA) is 60.1 Å². The first-order chi connectivity index (χ1) is 6.11. The molecule has 13 heavy (non-hydrogen) atoms. The number of nitrogens with zero attached hydrogens (tertiary/aromatic N) is 1. The second-order valence-electron chi connectivity index (χ2n) is 2.95. The predicted molar refractivity (Wildman–Crippen MR) is 49.5 cm³/mol. The predicted octanol–water partition coefficient (Wildman–Crippen LogP) is -0.0552. The van der Waals surface area contributed by atoms with Gasteiger partial charge in [0.1, 0.15) is 14.1 Å². The standard InChI is InChI=1S/C9H12N2O2/c1-11(2)6-13-8-5-3-4-7(10)9(8)12/h3-6H,10H2,1-2H3/p+2. The molecule has 0 saturated carbocycles. The zero-order valence-corrected chi connectivity index (χ0v) is 7.82.